The molecule has 0 bridgehead atoms. The van der Waals surface area contributed by atoms with Gasteiger partial charge in [0.25, 0.3) is 0 Å². The van der Waals surface area contributed by atoms with Crippen LogP contribution in [-0.2, 0) is 17.8 Å². The summed E-state index contributed by atoms with van der Waals surface area (Å²) >= 11 is 1.67. The number of ether oxygens (including phenoxy) is 1. The Labute approximate surface area is 199 Å². The van der Waals surface area contributed by atoms with Crippen LogP contribution in [0.25, 0.3) is 0 Å². The van der Waals surface area contributed by atoms with Gasteiger partial charge in [-0.3, -0.25) is 4.79 Å². The average molecular weight is 461 g/mol. The first kappa shape index (κ1) is 21.8. The Morgan fingerprint density at radius 1 is 1.03 bits per heavy atom. The lowest BCUT2D eigenvalue weighted by molar-refractivity contribution is -0.116. The minimum Gasteiger partial charge on any atom is -0.485 e. The van der Waals surface area contributed by atoms with Crippen LogP contribution < -0.4 is 15.0 Å². The topological polar surface area (TPSA) is 57.7 Å². The number of hydrogen-bond acceptors (Lipinski definition) is 6. The van der Waals surface area contributed by atoms with Crippen molar-refractivity contribution in [3.05, 3.63) is 71.9 Å². The number of nitrogens with one attached hydrogen (secondary N) is 1. The van der Waals surface area contributed by atoms with E-state index in [4.69, 9.17) is 9.72 Å². The number of benzene rings is 2. The monoisotopic (exact) mass is 460 g/mol. The highest BCUT2D eigenvalue weighted by molar-refractivity contribution is 7.99. The van der Waals surface area contributed by atoms with Crippen LogP contribution in [-0.4, -0.2) is 49.0 Å². The molecule has 0 radical (unpaired) electrons. The molecule has 1 fully saturated rings. The molecule has 0 saturated carbocycles. The van der Waals surface area contributed by atoms with Gasteiger partial charge in [0.1, 0.15) is 6.61 Å². The predicted molar refractivity (Wildman–Crippen MR) is 132 cm³/mol. The van der Waals surface area contributed by atoms with Crippen molar-refractivity contribution in [1.29, 1.82) is 0 Å². The molecular weight excluding hydrogens is 432 g/mol. The Kier molecular flexibility index (Phi) is 6.51. The van der Waals surface area contributed by atoms with Crippen molar-refractivity contribution in [1.82, 2.24) is 9.88 Å². The van der Waals surface area contributed by atoms with Crippen LogP contribution in [0, 0.1) is 0 Å². The third kappa shape index (κ3) is 5.15. The minimum atomic E-state index is 0.0828. The smallest absolute Gasteiger partial charge is 0.224 e. The number of likely N-dealkylation sites (N-methyl/N-ethyl adjacent to an activating group) is 1. The van der Waals surface area contributed by atoms with Crippen LogP contribution in [0.15, 0.2) is 70.6 Å². The molecule has 1 aromatic heterocycles. The van der Waals surface area contributed by atoms with E-state index in [1.54, 1.807) is 11.8 Å². The SMILES string of the molecule is CN1CCN(c2ncc(Sc3cccc4c3CCC(=O)N4)cc2OCc2ccccc2)CC1. The summed E-state index contributed by atoms with van der Waals surface area (Å²) in [6.45, 7) is 4.40. The number of aromatic nitrogens is 1. The van der Waals surface area contributed by atoms with Gasteiger partial charge in [-0.2, -0.15) is 0 Å². The molecule has 2 aromatic carbocycles. The van der Waals surface area contributed by atoms with Crippen molar-refractivity contribution in [2.45, 2.75) is 29.2 Å². The van der Waals surface area contributed by atoms with E-state index in [0.717, 1.165) is 65.2 Å². The fourth-order valence-corrected chi connectivity index (χ4v) is 5.19. The second-order valence-electron chi connectivity index (χ2n) is 8.49. The summed E-state index contributed by atoms with van der Waals surface area (Å²) in [7, 11) is 2.15. The Balaban J connectivity index is 1.41. The molecule has 2 aliphatic heterocycles. The molecule has 3 aromatic rings. The van der Waals surface area contributed by atoms with Crippen LogP contribution in [0.3, 0.4) is 0 Å². The maximum Gasteiger partial charge on any atom is 0.224 e. The van der Waals surface area contributed by atoms with Crippen LogP contribution in [0.2, 0.25) is 0 Å². The summed E-state index contributed by atoms with van der Waals surface area (Å²) < 4.78 is 6.32. The molecule has 1 N–H and O–H groups in total. The van der Waals surface area contributed by atoms with E-state index in [1.807, 2.05) is 36.5 Å². The van der Waals surface area contributed by atoms with E-state index in [-0.39, 0.29) is 5.91 Å². The second-order valence-corrected chi connectivity index (χ2v) is 9.61. The molecule has 0 unspecified atom stereocenters. The van der Waals surface area contributed by atoms with E-state index in [9.17, 15) is 4.79 Å². The molecule has 3 heterocycles. The van der Waals surface area contributed by atoms with E-state index >= 15 is 0 Å². The van der Waals surface area contributed by atoms with E-state index in [2.05, 4.69) is 46.4 Å². The van der Waals surface area contributed by atoms with Gasteiger partial charge in [-0.1, -0.05) is 48.2 Å². The zero-order valence-corrected chi connectivity index (χ0v) is 19.6. The number of pyridine rings is 1. The zero-order valence-electron chi connectivity index (χ0n) is 18.8. The fraction of sp³-hybridized carbons (Fsp3) is 0.308. The summed E-state index contributed by atoms with van der Waals surface area (Å²) in [6, 6.07) is 18.4. The van der Waals surface area contributed by atoms with E-state index < -0.39 is 0 Å². The first-order chi connectivity index (χ1) is 16.2. The Hall–Kier alpha value is -3.03. The number of anilines is 2. The Bertz CT molecular complexity index is 1130. The van der Waals surface area contributed by atoms with E-state index in [0.29, 0.717) is 13.0 Å². The third-order valence-corrected chi connectivity index (χ3v) is 7.15. The number of carbonyl (C=O) groups is 1. The molecule has 33 heavy (non-hydrogen) atoms. The molecular formula is C26H28N4O2S. The van der Waals surface area contributed by atoms with Gasteiger partial charge in [0.15, 0.2) is 11.6 Å². The van der Waals surface area contributed by atoms with Crippen molar-refractivity contribution in [3.8, 4) is 5.75 Å². The van der Waals surface area contributed by atoms with Gasteiger partial charge in [-0.25, -0.2) is 4.98 Å². The van der Waals surface area contributed by atoms with Gasteiger partial charge in [-0.05, 0) is 42.8 Å². The Morgan fingerprint density at radius 2 is 1.85 bits per heavy atom. The molecule has 170 valence electrons. The summed E-state index contributed by atoms with van der Waals surface area (Å²) in [5.41, 5.74) is 3.24. The largest absolute Gasteiger partial charge is 0.485 e. The van der Waals surface area contributed by atoms with Gasteiger partial charge in [0.2, 0.25) is 5.91 Å². The summed E-state index contributed by atoms with van der Waals surface area (Å²) in [5, 5.41) is 2.99. The van der Waals surface area contributed by atoms with Crippen molar-refractivity contribution < 1.29 is 9.53 Å². The maximum absolute atomic E-state index is 11.8. The molecule has 6 nitrogen and oxygen atoms in total. The third-order valence-electron chi connectivity index (χ3n) is 6.08. The summed E-state index contributed by atoms with van der Waals surface area (Å²) in [6.07, 6.45) is 3.22. The first-order valence-electron chi connectivity index (χ1n) is 11.4. The molecule has 0 aliphatic carbocycles. The van der Waals surface area contributed by atoms with Gasteiger partial charge in [0, 0.05) is 54.3 Å². The molecule has 1 saturated heterocycles. The molecule has 5 rings (SSSR count). The first-order valence-corrected chi connectivity index (χ1v) is 12.2. The Morgan fingerprint density at radius 3 is 2.67 bits per heavy atom. The number of piperazine rings is 1. The highest BCUT2D eigenvalue weighted by Crippen LogP contribution is 2.39. The fourth-order valence-electron chi connectivity index (χ4n) is 4.19. The summed E-state index contributed by atoms with van der Waals surface area (Å²) in [5.74, 6) is 1.80. The zero-order chi connectivity index (χ0) is 22.6. The normalized spacial score (nSPS) is 16.3. The second kappa shape index (κ2) is 9.85. The molecule has 0 atom stereocenters. The van der Waals surface area contributed by atoms with Crippen LogP contribution >= 0.6 is 11.8 Å². The number of nitrogens with zero attached hydrogens (tertiary/aromatic N) is 3. The van der Waals surface area contributed by atoms with Crippen LogP contribution in [0.4, 0.5) is 11.5 Å². The van der Waals surface area contributed by atoms with Gasteiger partial charge < -0.3 is 19.9 Å². The quantitative estimate of drug-likeness (QED) is 0.587. The number of amides is 1. The molecule has 2 aliphatic rings. The van der Waals surface area contributed by atoms with Crippen molar-refractivity contribution in [2.75, 3.05) is 43.4 Å². The average Bonchev–Trinajstić information content (AvgIpc) is 2.84. The van der Waals surface area contributed by atoms with E-state index in [1.165, 1.54) is 5.56 Å². The standard InChI is InChI=1S/C26H28N4O2S/c1-29-12-14-30(15-13-29)26-23(32-18-19-6-3-2-4-7-19)16-20(17-27-26)33-24-9-5-8-22-21(24)10-11-25(31)28-22/h2-9,16-17H,10-15,18H2,1H3,(H,28,31). The predicted octanol–water partition coefficient (Wildman–Crippen LogP) is 4.45. The van der Waals surface area contributed by atoms with Gasteiger partial charge in [-0.15, -0.1) is 0 Å². The number of rotatable bonds is 6. The number of fused-ring (bicyclic) bond motifs is 1. The minimum absolute atomic E-state index is 0.0828. The number of carbonyl (C=O) groups excluding carboxylic acids is 1. The maximum atomic E-state index is 11.8. The molecule has 1 amide bonds. The lowest BCUT2D eigenvalue weighted by Crippen LogP contribution is -2.45. The number of hydrogen-bond donors (Lipinski definition) is 1. The van der Waals surface area contributed by atoms with Crippen molar-refractivity contribution in [3.63, 3.8) is 0 Å². The van der Waals surface area contributed by atoms with Crippen molar-refractivity contribution >= 4 is 29.2 Å². The lowest BCUT2D eigenvalue weighted by Gasteiger charge is -2.34. The van der Waals surface area contributed by atoms with Gasteiger partial charge >= 0.3 is 0 Å². The molecule has 0 spiro atoms. The van der Waals surface area contributed by atoms with Crippen LogP contribution in [0.1, 0.15) is 17.5 Å². The van der Waals surface area contributed by atoms with Crippen LogP contribution in [0.5, 0.6) is 5.75 Å². The highest BCUT2D eigenvalue weighted by Gasteiger charge is 2.21. The van der Waals surface area contributed by atoms with Gasteiger partial charge in [0.05, 0.1) is 0 Å². The van der Waals surface area contributed by atoms with Crippen molar-refractivity contribution in [2.24, 2.45) is 0 Å². The molecule has 7 heteroatoms. The lowest BCUT2D eigenvalue weighted by atomic mass is 10.0. The summed E-state index contributed by atoms with van der Waals surface area (Å²) in [4.78, 5) is 23.5. The highest BCUT2D eigenvalue weighted by atomic mass is 32.2.